The molecule has 0 bridgehead atoms. The summed E-state index contributed by atoms with van der Waals surface area (Å²) in [7, 11) is 2.23. The fourth-order valence-corrected chi connectivity index (χ4v) is 1.53. The maximum atomic E-state index is 2.44. The van der Waals surface area contributed by atoms with Crippen molar-refractivity contribution in [1.82, 2.24) is 4.90 Å². The summed E-state index contributed by atoms with van der Waals surface area (Å²) < 4.78 is 0. The van der Waals surface area contributed by atoms with E-state index in [1.54, 1.807) is 0 Å². The molecule has 0 aliphatic carbocycles. The van der Waals surface area contributed by atoms with E-state index in [2.05, 4.69) is 25.8 Å². The number of likely N-dealkylation sites (tertiary alicyclic amines) is 1. The van der Waals surface area contributed by atoms with Crippen LogP contribution in [-0.4, -0.2) is 25.0 Å². The van der Waals surface area contributed by atoms with Crippen LogP contribution in [0.2, 0.25) is 0 Å². The van der Waals surface area contributed by atoms with Gasteiger partial charge >= 0.3 is 0 Å². The molecule has 10 heavy (non-hydrogen) atoms. The normalized spacial score (nSPS) is 37.5. The summed E-state index contributed by atoms with van der Waals surface area (Å²) in [5, 5.41) is 0. The lowest BCUT2D eigenvalue weighted by Crippen LogP contribution is -2.18. The summed E-state index contributed by atoms with van der Waals surface area (Å²) in [6.07, 6.45) is 2.77. The Morgan fingerprint density at radius 1 is 1.00 bits per heavy atom. The monoisotopic (exact) mass is 141 g/mol. The molecule has 0 N–H and O–H groups in total. The van der Waals surface area contributed by atoms with Gasteiger partial charge < -0.3 is 4.90 Å². The summed E-state index contributed by atoms with van der Waals surface area (Å²) in [6, 6.07) is 0. The predicted molar refractivity (Wildman–Crippen MR) is 45.1 cm³/mol. The van der Waals surface area contributed by atoms with Crippen LogP contribution >= 0.6 is 0 Å². The standard InChI is InChI=1S/C9H19N/c1-8-4-6-10(3)7-5-9(8)2/h8-9H,4-7H2,1-3H3/t8-,9+. The van der Waals surface area contributed by atoms with Gasteiger partial charge in [0.15, 0.2) is 0 Å². The molecule has 0 unspecified atom stereocenters. The molecule has 0 radical (unpaired) electrons. The molecule has 0 amide bonds. The van der Waals surface area contributed by atoms with Crippen LogP contribution in [0.5, 0.6) is 0 Å². The SMILES string of the molecule is C[C@@H]1CCN(C)CC[C@@H]1C. The minimum absolute atomic E-state index is 0.935. The van der Waals surface area contributed by atoms with Crippen molar-refractivity contribution in [2.24, 2.45) is 11.8 Å². The smallest absolute Gasteiger partial charge is 0.00191 e. The van der Waals surface area contributed by atoms with E-state index in [1.165, 1.54) is 25.9 Å². The van der Waals surface area contributed by atoms with Crippen LogP contribution in [0.25, 0.3) is 0 Å². The third-order valence-electron chi connectivity index (χ3n) is 2.90. The highest BCUT2D eigenvalue weighted by Crippen LogP contribution is 2.21. The van der Waals surface area contributed by atoms with Crippen LogP contribution in [0.15, 0.2) is 0 Å². The van der Waals surface area contributed by atoms with Gasteiger partial charge in [-0.3, -0.25) is 0 Å². The highest BCUT2D eigenvalue weighted by Gasteiger charge is 2.16. The Morgan fingerprint density at radius 2 is 1.40 bits per heavy atom. The summed E-state index contributed by atoms with van der Waals surface area (Å²) in [4.78, 5) is 2.44. The second-order valence-electron chi connectivity index (χ2n) is 3.84. The van der Waals surface area contributed by atoms with E-state index in [-0.39, 0.29) is 0 Å². The molecule has 0 aromatic rings. The van der Waals surface area contributed by atoms with Crippen molar-refractivity contribution in [3.8, 4) is 0 Å². The van der Waals surface area contributed by atoms with E-state index in [0.717, 1.165) is 11.8 Å². The number of hydrogen-bond acceptors (Lipinski definition) is 1. The van der Waals surface area contributed by atoms with Crippen LogP contribution in [0.4, 0.5) is 0 Å². The molecule has 1 aliphatic rings. The Bertz CT molecular complexity index is 88.9. The van der Waals surface area contributed by atoms with Crippen molar-refractivity contribution in [2.45, 2.75) is 26.7 Å². The lowest BCUT2D eigenvalue weighted by Gasteiger charge is -2.14. The van der Waals surface area contributed by atoms with Gasteiger partial charge in [-0.2, -0.15) is 0 Å². The van der Waals surface area contributed by atoms with Crippen LogP contribution < -0.4 is 0 Å². The van der Waals surface area contributed by atoms with Crippen molar-refractivity contribution in [3.63, 3.8) is 0 Å². The zero-order chi connectivity index (χ0) is 7.56. The van der Waals surface area contributed by atoms with Crippen molar-refractivity contribution < 1.29 is 0 Å². The van der Waals surface area contributed by atoms with Crippen LogP contribution in [0.3, 0.4) is 0 Å². The van der Waals surface area contributed by atoms with E-state index in [9.17, 15) is 0 Å². The van der Waals surface area contributed by atoms with Crippen LogP contribution in [0, 0.1) is 11.8 Å². The predicted octanol–water partition coefficient (Wildman–Crippen LogP) is 1.98. The number of hydrogen-bond donors (Lipinski definition) is 0. The highest BCUT2D eigenvalue weighted by molar-refractivity contribution is 4.69. The summed E-state index contributed by atoms with van der Waals surface area (Å²) in [5.74, 6) is 1.87. The summed E-state index contributed by atoms with van der Waals surface area (Å²) >= 11 is 0. The van der Waals surface area contributed by atoms with Gasteiger partial charge in [0.25, 0.3) is 0 Å². The second-order valence-corrected chi connectivity index (χ2v) is 3.84. The van der Waals surface area contributed by atoms with Gasteiger partial charge in [0, 0.05) is 0 Å². The first kappa shape index (κ1) is 8.06. The van der Waals surface area contributed by atoms with Crippen LogP contribution in [-0.2, 0) is 0 Å². The minimum Gasteiger partial charge on any atom is -0.306 e. The minimum atomic E-state index is 0.935. The molecule has 1 heterocycles. The average Bonchev–Trinajstić information content (AvgIpc) is 2.04. The van der Waals surface area contributed by atoms with Crippen molar-refractivity contribution in [2.75, 3.05) is 20.1 Å². The molecule has 1 fully saturated rings. The number of nitrogens with zero attached hydrogens (tertiary/aromatic N) is 1. The Kier molecular flexibility index (Phi) is 2.72. The van der Waals surface area contributed by atoms with E-state index < -0.39 is 0 Å². The average molecular weight is 141 g/mol. The molecular weight excluding hydrogens is 122 g/mol. The van der Waals surface area contributed by atoms with Gasteiger partial charge in [0.05, 0.1) is 0 Å². The summed E-state index contributed by atoms with van der Waals surface area (Å²) in [6.45, 7) is 7.35. The topological polar surface area (TPSA) is 3.24 Å². The molecule has 0 aromatic carbocycles. The van der Waals surface area contributed by atoms with Gasteiger partial charge in [-0.1, -0.05) is 13.8 Å². The van der Waals surface area contributed by atoms with Crippen LogP contribution in [0.1, 0.15) is 26.7 Å². The van der Waals surface area contributed by atoms with E-state index >= 15 is 0 Å². The summed E-state index contributed by atoms with van der Waals surface area (Å²) in [5.41, 5.74) is 0. The Labute approximate surface area is 64.4 Å². The molecule has 2 atom stereocenters. The first-order chi connectivity index (χ1) is 4.70. The zero-order valence-corrected chi connectivity index (χ0v) is 7.43. The Balaban J connectivity index is 2.38. The molecule has 60 valence electrons. The second kappa shape index (κ2) is 3.38. The molecule has 0 aromatic heterocycles. The van der Waals surface area contributed by atoms with E-state index in [0.29, 0.717) is 0 Å². The Hall–Kier alpha value is -0.0400. The largest absolute Gasteiger partial charge is 0.306 e. The van der Waals surface area contributed by atoms with Crippen molar-refractivity contribution >= 4 is 0 Å². The third-order valence-corrected chi connectivity index (χ3v) is 2.90. The molecule has 1 nitrogen and oxygen atoms in total. The van der Waals surface area contributed by atoms with Gasteiger partial charge in [0.1, 0.15) is 0 Å². The quantitative estimate of drug-likeness (QED) is 0.498. The molecule has 1 rings (SSSR count). The van der Waals surface area contributed by atoms with Gasteiger partial charge in [-0.05, 0) is 44.8 Å². The molecule has 0 spiro atoms. The fourth-order valence-electron chi connectivity index (χ4n) is 1.53. The van der Waals surface area contributed by atoms with Crippen molar-refractivity contribution in [1.29, 1.82) is 0 Å². The zero-order valence-electron chi connectivity index (χ0n) is 7.43. The molecule has 1 heteroatoms. The first-order valence-electron chi connectivity index (χ1n) is 4.38. The van der Waals surface area contributed by atoms with Gasteiger partial charge in [-0.15, -0.1) is 0 Å². The Morgan fingerprint density at radius 3 is 1.80 bits per heavy atom. The molecule has 0 saturated carbocycles. The maximum absolute atomic E-state index is 2.44. The molecule has 1 saturated heterocycles. The molecular formula is C9H19N. The molecule has 1 aliphatic heterocycles. The first-order valence-corrected chi connectivity index (χ1v) is 4.38. The maximum Gasteiger partial charge on any atom is -0.00191 e. The van der Waals surface area contributed by atoms with Gasteiger partial charge in [-0.25, -0.2) is 0 Å². The van der Waals surface area contributed by atoms with E-state index in [1.807, 2.05) is 0 Å². The lowest BCUT2D eigenvalue weighted by atomic mass is 9.92. The van der Waals surface area contributed by atoms with E-state index in [4.69, 9.17) is 0 Å². The fraction of sp³-hybridized carbons (Fsp3) is 1.00. The third kappa shape index (κ3) is 1.98. The lowest BCUT2D eigenvalue weighted by molar-refractivity contribution is 0.343. The number of rotatable bonds is 0. The van der Waals surface area contributed by atoms with Gasteiger partial charge in [0.2, 0.25) is 0 Å². The highest BCUT2D eigenvalue weighted by atomic mass is 15.1. The van der Waals surface area contributed by atoms with Crippen molar-refractivity contribution in [3.05, 3.63) is 0 Å².